The Morgan fingerprint density at radius 2 is 2.16 bits per heavy atom. The Labute approximate surface area is 113 Å². The minimum Gasteiger partial charge on any atom is -0.406 e. The molecule has 0 spiro atoms. The molecule has 19 heavy (non-hydrogen) atoms. The number of amides is 1. The lowest BCUT2D eigenvalue weighted by Crippen LogP contribution is -2.25. The number of hydrogen-bond acceptors (Lipinski definition) is 5. The monoisotopic (exact) mass is 264 g/mol. The second-order valence-corrected chi connectivity index (χ2v) is 4.89. The molecule has 6 heteroatoms. The van der Waals surface area contributed by atoms with Crippen LogP contribution in [0.25, 0.3) is 0 Å². The van der Waals surface area contributed by atoms with Gasteiger partial charge in [-0.25, -0.2) is 9.79 Å². The quantitative estimate of drug-likeness (QED) is 0.815. The maximum absolute atomic E-state index is 11.7. The Kier molecular flexibility index (Phi) is 4.09. The van der Waals surface area contributed by atoms with Gasteiger partial charge in [0.2, 0.25) is 0 Å². The Bertz CT molecular complexity index is 446. The van der Waals surface area contributed by atoms with Crippen molar-refractivity contribution >= 4 is 12.3 Å². The summed E-state index contributed by atoms with van der Waals surface area (Å²) in [4.78, 5) is 19.3. The Balaban J connectivity index is 2.18. The van der Waals surface area contributed by atoms with Gasteiger partial charge in [0.1, 0.15) is 0 Å². The van der Waals surface area contributed by atoms with E-state index in [9.17, 15) is 4.79 Å². The molecule has 2 rings (SSSR count). The van der Waals surface area contributed by atoms with Gasteiger partial charge < -0.3 is 20.3 Å². The van der Waals surface area contributed by atoms with Crippen molar-refractivity contribution < 1.29 is 9.53 Å². The normalized spacial score (nSPS) is 21.2. The summed E-state index contributed by atoms with van der Waals surface area (Å²) < 4.78 is 5.32. The molecule has 0 bridgehead atoms. The minimum atomic E-state index is -0.442. The van der Waals surface area contributed by atoms with Gasteiger partial charge in [0.15, 0.2) is 11.6 Å². The largest absolute Gasteiger partial charge is 0.414 e. The van der Waals surface area contributed by atoms with Gasteiger partial charge in [-0.05, 0) is 12.8 Å². The smallest absolute Gasteiger partial charge is 0.406 e. The summed E-state index contributed by atoms with van der Waals surface area (Å²) in [5.74, 6) is 0.639. The molecular weight excluding hydrogens is 244 g/mol. The highest BCUT2D eigenvalue weighted by Gasteiger charge is 2.21. The van der Waals surface area contributed by atoms with Gasteiger partial charge in [-0.1, -0.05) is 0 Å². The van der Waals surface area contributed by atoms with E-state index in [0.717, 1.165) is 18.7 Å². The predicted octanol–water partition coefficient (Wildman–Crippen LogP) is 1.27. The zero-order chi connectivity index (χ0) is 13.8. The molecule has 104 valence electrons. The lowest BCUT2D eigenvalue weighted by Gasteiger charge is -2.20. The second kappa shape index (κ2) is 5.77. The molecule has 1 amide bonds. The zero-order valence-electron chi connectivity index (χ0n) is 11.4. The molecule has 0 atom stereocenters. The first kappa shape index (κ1) is 13.5. The van der Waals surface area contributed by atoms with E-state index in [1.54, 1.807) is 20.3 Å². The first-order chi connectivity index (χ1) is 9.08. The molecule has 6 nitrogen and oxygen atoms in total. The minimum absolute atomic E-state index is 0.256. The van der Waals surface area contributed by atoms with E-state index < -0.39 is 6.09 Å². The van der Waals surface area contributed by atoms with E-state index in [1.807, 2.05) is 6.20 Å². The maximum Gasteiger partial charge on any atom is 0.414 e. The standard InChI is InChI=1S/C13H20N4O2/c1-16(2)13(18)19-11-10(5-6-15-12(11)14)9-17-7-3-4-8-17/h6,9H,3-5,7-8,14H2,1-2H3. The van der Waals surface area contributed by atoms with Crippen molar-refractivity contribution in [3.63, 3.8) is 0 Å². The number of likely N-dealkylation sites (tertiary alicyclic amines) is 1. The maximum atomic E-state index is 11.7. The van der Waals surface area contributed by atoms with Crippen molar-refractivity contribution in [3.05, 3.63) is 23.4 Å². The Morgan fingerprint density at radius 3 is 2.79 bits per heavy atom. The van der Waals surface area contributed by atoms with Gasteiger partial charge in [-0.15, -0.1) is 0 Å². The molecular formula is C13H20N4O2. The molecule has 2 aliphatic heterocycles. The van der Waals surface area contributed by atoms with Crippen molar-refractivity contribution in [3.8, 4) is 0 Å². The number of carbonyl (C=O) groups is 1. The van der Waals surface area contributed by atoms with Gasteiger partial charge in [-0.3, -0.25) is 0 Å². The summed E-state index contributed by atoms with van der Waals surface area (Å²) in [6.07, 6.45) is 6.36. The number of ether oxygens (including phenoxy) is 1. The summed E-state index contributed by atoms with van der Waals surface area (Å²) in [6.45, 7) is 2.07. The fourth-order valence-corrected chi connectivity index (χ4v) is 2.06. The third-order valence-corrected chi connectivity index (χ3v) is 3.10. The molecule has 0 aromatic carbocycles. The van der Waals surface area contributed by atoms with E-state index in [4.69, 9.17) is 10.5 Å². The van der Waals surface area contributed by atoms with E-state index in [0.29, 0.717) is 12.2 Å². The average molecular weight is 264 g/mol. The molecule has 0 unspecified atom stereocenters. The first-order valence-electron chi connectivity index (χ1n) is 6.44. The van der Waals surface area contributed by atoms with Crippen LogP contribution in [0.4, 0.5) is 4.79 Å². The number of hydrogen-bond donors (Lipinski definition) is 1. The van der Waals surface area contributed by atoms with E-state index in [1.165, 1.54) is 17.7 Å². The Morgan fingerprint density at radius 1 is 1.47 bits per heavy atom. The predicted molar refractivity (Wildman–Crippen MR) is 73.4 cm³/mol. The van der Waals surface area contributed by atoms with Gasteiger partial charge in [0.25, 0.3) is 0 Å². The Hall–Kier alpha value is -1.98. The van der Waals surface area contributed by atoms with E-state index in [2.05, 4.69) is 9.89 Å². The first-order valence-corrected chi connectivity index (χ1v) is 6.44. The molecule has 2 N–H and O–H groups in total. The highest BCUT2D eigenvalue weighted by molar-refractivity contribution is 5.72. The lowest BCUT2D eigenvalue weighted by molar-refractivity contribution is 0.147. The van der Waals surface area contributed by atoms with E-state index >= 15 is 0 Å². The van der Waals surface area contributed by atoms with Gasteiger partial charge >= 0.3 is 6.09 Å². The SMILES string of the molecule is CN(C)C(=O)OC1=C(N)N=CCC1=CN1CCCC1. The highest BCUT2D eigenvalue weighted by Crippen LogP contribution is 2.24. The van der Waals surface area contributed by atoms with Crippen molar-refractivity contribution in [2.24, 2.45) is 10.7 Å². The third-order valence-electron chi connectivity index (χ3n) is 3.10. The fraction of sp³-hybridized carbons (Fsp3) is 0.538. The number of carbonyl (C=O) groups excluding carboxylic acids is 1. The second-order valence-electron chi connectivity index (χ2n) is 4.89. The number of nitrogens with zero attached hydrogens (tertiary/aromatic N) is 3. The summed E-state index contributed by atoms with van der Waals surface area (Å²) >= 11 is 0. The molecule has 0 aromatic rings. The lowest BCUT2D eigenvalue weighted by atomic mass is 10.1. The van der Waals surface area contributed by atoms with Crippen LogP contribution in [0.1, 0.15) is 19.3 Å². The van der Waals surface area contributed by atoms with Crippen LogP contribution in [0.5, 0.6) is 0 Å². The van der Waals surface area contributed by atoms with Gasteiger partial charge in [-0.2, -0.15) is 0 Å². The van der Waals surface area contributed by atoms with Crippen LogP contribution in [0, 0.1) is 0 Å². The average Bonchev–Trinajstić information content (AvgIpc) is 2.86. The van der Waals surface area contributed by atoms with Crippen LogP contribution >= 0.6 is 0 Å². The zero-order valence-corrected chi connectivity index (χ0v) is 11.4. The molecule has 1 fully saturated rings. The molecule has 2 heterocycles. The summed E-state index contributed by atoms with van der Waals surface area (Å²) in [5, 5.41) is 0. The number of rotatable bonds is 2. The van der Waals surface area contributed by atoms with Crippen molar-refractivity contribution in [1.29, 1.82) is 0 Å². The van der Waals surface area contributed by atoms with Crippen molar-refractivity contribution in [2.45, 2.75) is 19.3 Å². The molecule has 0 radical (unpaired) electrons. The summed E-state index contributed by atoms with van der Waals surface area (Å²) in [6, 6.07) is 0. The van der Waals surface area contributed by atoms with Crippen LogP contribution < -0.4 is 5.73 Å². The fourth-order valence-electron chi connectivity index (χ4n) is 2.06. The van der Waals surface area contributed by atoms with Crippen molar-refractivity contribution in [1.82, 2.24) is 9.80 Å². The van der Waals surface area contributed by atoms with E-state index in [-0.39, 0.29) is 5.82 Å². The van der Waals surface area contributed by atoms with Gasteiger partial charge in [0, 0.05) is 51.6 Å². The molecule has 0 aromatic heterocycles. The molecule has 0 saturated carbocycles. The molecule has 1 saturated heterocycles. The number of aliphatic imine (C=N–C) groups is 1. The van der Waals surface area contributed by atoms with Crippen LogP contribution in [-0.2, 0) is 4.74 Å². The van der Waals surface area contributed by atoms with Crippen LogP contribution in [0.15, 0.2) is 28.3 Å². The highest BCUT2D eigenvalue weighted by atomic mass is 16.6. The molecule has 2 aliphatic rings. The van der Waals surface area contributed by atoms with Crippen LogP contribution in [0.3, 0.4) is 0 Å². The van der Waals surface area contributed by atoms with Gasteiger partial charge in [0.05, 0.1) is 0 Å². The summed E-state index contributed by atoms with van der Waals surface area (Å²) in [5.41, 5.74) is 6.73. The van der Waals surface area contributed by atoms with Crippen molar-refractivity contribution in [2.75, 3.05) is 27.2 Å². The number of nitrogens with two attached hydrogens (primary N) is 1. The van der Waals surface area contributed by atoms with Crippen LogP contribution in [-0.4, -0.2) is 49.3 Å². The molecule has 0 aliphatic carbocycles. The number of allylic oxidation sites excluding steroid dienone is 1. The van der Waals surface area contributed by atoms with Crippen LogP contribution in [0.2, 0.25) is 0 Å². The summed E-state index contributed by atoms with van der Waals surface area (Å²) in [7, 11) is 3.27. The third kappa shape index (κ3) is 3.27. The topological polar surface area (TPSA) is 71.2 Å².